The molecule has 42 heavy (non-hydrogen) atoms. The number of anilines is 2. The molecule has 214 valence electrons. The second-order valence-corrected chi connectivity index (χ2v) is 10.4. The van der Waals surface area contributed by atoms with Gasteiger partial charge in [-0.3, -0.25) is 4.79 Å². The zero-order valence-corrected chi connectivity index (χ0v) is 23.7. The maximum Gasteiger partial charge on any atom is 0.343 e. The minimum absolute atomic E-state index is 0.0892. The van der Waals surface area contributed by atoms with E-state index in [2.05, 4.69) is 15.1 Å². The Balaban J connectivity index is 1.45. The molecule has 0 saturated carbocycles. The van der Waals surface area contributed by atoms with Gasteiger partial charge >= 0.3 is 5.97 Å². The number of piperazine rings is 1. The van der Waals surface area contributed by atoms with Crippen LogP contribution in [0, 0.1) is 5.82 Å². The van der Waals surface area contributed by atoms with Gasteiger partial charge in [0.05, 0.1) is 42.4 Å². The molecule has 1 aliphatic heterocycles. The topological polar surface area (TPSA) is 85.5 Å². The highest BCUT2D eigenvalue weighted by Crippen LogP contribution is 2.30. The number of nitrogens with zero attached hydrogens (tertiary/aromatic N) is 6. The Hall–Kier alpha value is -4.70. The van der Waals surface area contributed by atoms with Crippen LogP contribution in [0.4, 0.5) is 15.8 Å². The summed E-state index contributed by atoms with van der Waals surface area (Å²) >= 11 is 6.19. The Kier molecular flexibility index (Phi) is 7.62. The maximum atomic E-state index is 15.7. The number of carbonyl (C=O) groups excluding carboxylic acids is 1. The molecule has 0 amide bonds. The van der Waals surface area contributed by atoms with Gasteiger partial charge in [0, 0.05) is 48.5 Å². The molecule has 0 spiro atoms. The molecule has 6 rings (SSSR count). The lowest BCUT2D eigenvalue weighted by Crippen LogP contribution is -2.46. The summed E-state index contributed by atoms with van der Waals surface area (Å²) in [5.74, 6) is -1.29. The highest BCUT2D eigenvalue weighted by molar-refractivity contribution is 6.30. The molecule has 0 N–H and O–H groups in total. The van der Waals surface area contributed by atoms with Crippen LogP contribution in [0.15, 0.2) is 84.0 Å². The van der Waals surface area contributed by atoms with Gasteiger partial charge in [0.1, 0.15) is 11.4 Å². The Morgan fingerprint density at radius 3 is 2.43 bits per heavy atom. The normalized spacial score (nSPS) is 13.5. The van der Waals surface area contributed by atoms with Crippen LogP contribution in [-0.4, -0.2) is 58.3 Å². The number of hydrogen-bond acceptors (Lipinski definition) is 7. The highest BCUT2D eigenvalue weighted by atomic mass is 35.5. The summed E-state index contributed by atoms with van der Waals surface area (Å²) in [5.41, 5.74) is 2.67. The van der Waals surface area contributed by atoms with Crippen LogP contribution in [0.3, 0.4) is 0 Å². The molecule has 3 heterocycles. The van der Waals surface area contributed by atoms with Gasteiger partial charge in [0.2, 0.25) is 5.43 Å². The van der Waals surface area contributed by atoms with E-state index >= 15 is 4.39 Å². The van der Waals surface area contributed by atoms with Crippen molar-refractivity contribution in [3.63, 3.8) is 0 Å². The number of carbonyl (C=O) groups is 1. The number of para-hydroxylation sites is 1. The Labute approximate surface area is 246 Å². The number of halogens is 2. The van der Waals surface area contributed by atoms with Crippen molar-refractivity contribution >= 4 is 39.8 Å². The third-order valence-corrected chi connectivity index (χ3v) is 7.63. The molecule has 9 nitrogen and oxygen atoms in total. The van der Waals surface area contributed by atoms with Crippen LogP contribution >= 0.6 is 11.6 Å². The summed E-state index contributed by atoms with van der Waals surface area (Å²) < 4.78 is 22.7. The van der Waals surface area contributed by atoms with Gasteiger partial charge in [0.25, 0.3) is 0 Å². The zero-order valence-electron chi connectivity index (χ0n) is 22.9. The van der Waals surface area contributed by atoms with Crippen LogP contribution in [0.25, 0.3) is 16.6 Å². The second kappa shape index (κ2) is 11.7. The summed E-state index contributed by atoms with van der Waals surface area (Å²) in [5, 5.41) is 9.19. The first-order valence-electron chi connectivity index (χ1n) is 13.7. The number of hydrogen-bond donors (Lipinski definition) is 0. The van der Waals surface area contributed by atoms with E-state index in [1.807, 2.05) is 53.4 Å². The van der Waals surface area contributed by atoms with Crippen molar-refractivity contribution in [1.29, 1.82) is 0 Å². The van der Waals surface area contributed by atoms with Crippen molar-refractivity contribution in [1.82, 2.24) is 19.6 Å². The van der Waals surface area contributed by atoms with Gasteiger partial charge < -0.3 is 19.1 Å². The predicted molar refractivity (Wildman–Crippen MR) is 160 cm³/mol. The Bertz CT molecular complexity index is 1820. The van der Waals surface area contributed by atoms with Crippen molar-refractivity contribution in [2.45, 2.75) is 13.5 Å². The smallest absolute Gasteiger partial charge is 0.343 e. The van der Waals surface area contributed by atoms with Crippen LogP contribution in [0.1, 0.15) is 22.8 Å². The lowest BCUT2D eigenvalue weighted by molar-refractivity contribution is 0.0524. The molecule has 0 unspecified atom stereocenters. The van der Waals surface area contributed by atoms with Crippen molar-refractivity contribution < 1.29 is 13.9 Å². The molecule has 0 radical (unpaired) electrons. The maximum absolute atomic E-state index is 15.7. The molecule has 0 aliphatic carbocycles. The number of rotatable bonds is 7. The van der Waals surface area contributed by atoms with Gasteiger partial charge in [-0.2, -0.15) is 15.0 Å². The zero-order chi connectivity index (χ0) is 29.2. The number of aromatic nitrogens is 4. The molecule has 11 heteroatoms. The Morgan fingerprint density at radius 1 is 0.952 bits per heavy atom. The van der Waals surface area contributed by atoms with E-state index in [0.717, 1.165) is 11.3 Å². The van der Waals surface area contributed by atoms with Crippen molar-refractivity contribution in [3.05, 3.63) is 111 Å². The van der Waals surface area contributed by atoms with Crippen molar-refractivity contribution in [2.24, 2.45) is 0 Å². The van der Waals surface area contributed by atoms with E-state index in [4.69, 9.17) is 16.3 Å². The van der Waals surface area contributed by atoms with E-state index < -0.39 is 17.2 Å². The molecule has 2 aromatic heterocycles. The lowest BCUT2D eigenvalue weighted by Gasteiger charge is -2.37. The molecule has 0 bridgehead atoms. The molecular weight excluding hydrogens is 559 g/mol. The number of pyridine rings is 1. The largest absolute Gasteiger partial charge is 0.462 e. The SMILES string of the molecule is CCOC(=O)c1cn(-c2ccccc2Cn2nccn2)c2cc(N3CCN(c4cccc(Cl)c4)CC3)c(F)cc2c1=O. The van der Waals surface area contributed by atoms with Crippen LogP contribution in [-0.2, 0) is 11.3 Å². The van der Waals surface area contributed by atoms with E-state index in [9.17, 15) is 9.59 Å². The number of ether oxygens (including phenoxy) is 1. The average Bonchev–Trinajstić information content (AvgIpc) is 3.51. The fourth-order valence-electron chi connectivity index (χ4n) is 5.37. The first-order chi connectivity index (χ1) is 20.4. The Morgan fingerprint density at radius 2 is 1.69 bits per heavy atom. The standard InChI is InChI=1S/C31H28ClFN6O3/c1-2-42-31(41)25-20-38(27-9-4-3-6-21(27)19-39-34-10-11-35-39)28-18-29(26(33)17-24(28)30(25)40)37-14-12-36(13-15-37)23-8-5-7-22(32)16-23/h3-11,16-18,20H,2,12-15,19H2,1H3. The van der Waals surface area contributed by atoms with Crippen molar-refractivity contribution in [2.75, 3.05) is 42.6 Å². The highest BCUT2D eigenvalue weighted by Gasteiger charge is 2.24. The first kappa shape index (κ1) is 27.5. The second-order valence-electron chi connectivity index (χ2n) is 9.93. The number of fused-ring (bicyclic) bond motifs is 1. The summed E-state index contributed by atoms with van der Waals surface area (Å²) in [6.45, 7) is 4.61. The number of benzene rings is 3. The van der Waals surface area contributed by atoms with E-state index in [0.29, 0.717) is 54.6 Å². The third-order valence-electron chi connectivity index (χ3n) is 7.39. The monoisotopic (exact) mass is 586 g/mol. The summed E-state index contributed by atoms with van der Waals surface area (Å²) in [6, 6.07) is 18.2. The fraction of sp³-hybridized carbons (Fsp3) is 0.226. The average molecular weight is 587 g/mol. The quantitative estimate of drug-likeness (QED) is 0.250. The van der Waals surface area contributed by atoms with Crippen LogP contribution < -0.4 is 15.2 Å². The lowest BCUT2D eigenvalue weighted by atomic mass is 10.1. The predicted octanol–water partition coefficient (Wildman–Crippen LogP) is 4.93. The minimum Gasteiger partial charge on any atom is -0.462 e. The van der Waals surface area contributed by atoms with Crippen molar-refractivity contribution in [3.8, 4) is 5.69 Å². The van der Waals surface area contributed by atoms with Gasteiger partial charge in [-0.1, -0.05) is 35.9 Å². The summed E-state index contributed by atoms with van der Waals surface area (Å²) in [6.07, 6.45) is 4.67. The van der Waals surface area contributed by atoms with E-state index in [-0.39, 0.29) is 17.6 Å². The van der Waals surface area contributed by atoms with Gasteiger partial charge in [0.15, 0.2) is 0 Å². The van der Waals surface area contributed by atoms with Gasteiger partial charge in [-0.25, -0.2) is 9.18 Å². The summed E-state index contributed by atoms with van der Waals surface area (Å²) in [4.78, 5) is 32.1. The fourth-order valence-corrected chi connectivity index (χ4v) is 5.55. The molecule has 5 aromatic rings. The molecule has 1 fully saturated rings. The minimum atomic E-state index is -0.758. The number of esters is 1. The molecule has 1 aliphatic rings. The molecular formula is C31H28ClFN6O3. The van der Waals surface area contributed by atoms with Gasteiger partial charge in [-0.15, -0.1) is 0 Å². The van der Waals surface area contributed by atoms with E-state index in [1.165, 1.54) is 12.3 Å². The molecule has 3 aromatic carbocycles. The third kappa shape index (κ3) is 5.33. The first-order valence-corrected chi connectivity index (χ1v) is 14.0. The van der Waals surface area contributed by atoms with Crippen LogP contribution in [0.5, 0.6) is 0 Å². The summed E-state index contributed by atoms with van der Waals surface area (Å²) in [7, 11) is 0. The van der Waals surface area contributed by atoms with E-state index in [1.54, 1.807) is 34.7 Å². The molecule has 1 saturated heterocycles. The molecule has 0 atom stereocenters. The van der Waals surface area contributed by atoms with Gasteiger partial charge in [-0.05, 0) is 48.9 Å². The van der Waals surface area contributed by atoms with Crippen LogP contribution in [0.2, 0.25) is 5.02 Å².